The molecule has 0 N–H and O–H groups in total. The highest BCUT2D eigenvalue weighted by Gasteiger charge is 2.17. The van der Waals surface area contributed by atoms with Crippen LogP contribution >= 0.6 is 0 Å². The molecule has 8 aromatic carbocycles. The Kier molecular flexibility index (Phi) is 6.17. The second kappa shape index (κ2) is 10.8. The van der Waals surface area contributed by atoms with Crippen LogP contribution in [0, 0.1) is 0 Å². The Balaban J connectivity index is 1.20. The molecule has 0 bridgehead atoms. The summed E-state index contributed by atoms with van der Waals surface area (Å²) in [5.74, 6) is 0. The number of benzene rings is 8. The van der Waals surface area contributed by atoms with Crippen molar-refractivity contribution in [1.82, 2.24) is 0 Å². The van der Waals surface area contributed by atoms with E-state index in [1.54, 1.807) is 0 Å². The van der Waals surface area contributed by atoms with Crippen molar-refractivity contribution in [3.8, 4) is 22.3 Å². The molecule has 0 aliphatic heterocycles. The first-order chi connectivity index (χ1) is 22.8. The molecule has 0 saturated carbocycles. The van der Waals surface area contributed by atoms with Crippen LogP contribution in [-0.2, 0) is 0 Å². The first-order valence-electron chi connectivity index (χ1n) is 15.7. The Bertz CT molecular complexity index is 2530. The number of nitrogens with zero attached hydrogens (tertiary/aromatic N) is 1. The van der Waals surface area contributed by atoms with Crippen LogP contribution in [-0.4, -0.2) is 0 Å². The second-order valence-electron chi connectivity index (χ2n) is 11.8. The molecule has 0 aliphatic carbocycles. The van der Waals surface area contributed by atoms with Gasteiger partial charge in [0.05, 0.1) is 5.69 Å². The number of rotatable bonds is 5. The molecule has 9 rings (SSSR count). The number of para-hydroxylation sites is 1. The molecular weight excluding hydrogens is 558 g/mol. The minimum absolute atomic E-state index is 0.908. The van der Waals surface area contributed by atoms with Gasteiger partial charge in [-0.1, -0.05) is 127 Å². The van der Waals surface area contributed by atoms with Crippen LogP contribution in [0.25, 0.3) is 65.7 Å². The quantitative estimate of drug-likeness (QED) is 0.199. The predicted octanol–water partition coefficient (Wildman–Crippen LogP) is 12.7. The SMILES string of the molecule is c1cc(-c2ccc3ccccc3c2)cc(N(c2ccc(-c3cccc4oc5ccccc5c34)cc2)c2cccc3ccccc23)c1. The molecule has 0 amide bonds. The number of fused-ring (bicyclic) bond motifs is 5. The Hall–Kier alpha value is -6.12. The van der Waals surface area contributed by atoms with E-state index in [-0.39, 0.29) is 0 Å². The van der Waals surface area contributed by atoms with E-state index < -0.39 is 0 Å². The zero-order chi connectivity index (χ0) is 30.5. The Morgan fingerprint density at radius 3 is 1.91 bits per heavy atom. The van der Waals surface area contributed by atoms with Crippen LogP contribution in [0.1, 0.15) is 0 Å². The first-order valence-corrected chi connectivity index (χ1v) is 15.7. The molecule has 0 radical (unpaired) electrons. The summed E-state index contributed by atoms with van der Waals surface area (Å²) in [6, 6.07) is 62.8. The highest BCUT2D eigenvalue weighted by molar-refractivity contribution is 6.12. The zero-order valence-corrected chi connectivity index (χ0v) is 25.1. The Labute approximate surface area is 267 Å². The fourth-order valence-electron chi connectivity index (χ4n) is 6.83. The molecule has 216 valence electrons. The van der Waals surface area contributed by atoms with E-state index in [0.717, 1.165) is 44.6 Å². The number of hydrogen-bond acceptors (Lipinski definition) is 2. The van der Waals surface area contributed by atoms with Crippen molar-refractivity contribution in [2.75, 3.05) is 4.90 Å². The van der Waals surface area contributed by atoms with Crippen molar-refractivity contribution >= 4 is 60.5 Å². The van der Waals surface area contributed by atoms with Gasteiger partial charge in [-0.05, 0) is 86.9 Å². The molecular formula is C44H29NO. The summed E-state index contributed by atoms with van der Waals surface area (Å²) in [6.07, 6.45) is 0. The van der Waals surface area contributed by atoms with E-state index in [0.29, 0.717) is 0 Å². The lowest BCUT2D eigenvalue weighted by atomic mass is 9.98. The summed E-state index contributed by atoms with van der Waals surface area (Å²) < 4.78 is 6.20. The average Bonchev–Trinajstić information content (AvgIpc) is 3.51. The van der Waals surface area contributed by atoms with E-state index in [1.807, 2.05) is 12.1 Å². The Morgan fingerprint density at radius 2 is 1.02 bits per heavy atom. The molecule has 0 aliphatic rings. The molecule has 1 aromatic heterocycles. The minimum Gasteiger partial charge on any atom is -0.456 e. The lowest BCUT2D eigenvalue weighted by molar-refractivity contribution is 0.669. The summed E-state index contributed by atoms with van der Waals surface area (Å²) in [6.45, 7) is 0. The van der Waals surface area contributed by atoms with E-state index in [4.69, 9.17) is 4.42 Å². The molecule has 1 heterocycles. The van der Waals surface area contributed by atoms with Gasteiger partial charge in [0.2, 0.25) is 0 Å². The molecule has 9 aromatic rings. The van der Waals surface area contributed by atoms with Gasteiger partial charge in [-0.2, -0.15) is 0 Å². The van der Waals surface area contributed by atoms with Gasteiger partial charge in [0.15, 0.2) is 0 Å². The molecule has 2 heteroatoms. The van der Waals surface area contributed by atoms with Gasteiger partial charge in [0.1, 0.15) is 11.2 Å². The average molecular weight is 588 g/mol. The van der Waals surface area contributed by atoms with Gasteiger partial charge < -0.3 is 9.32 Å². The van der Waals surface area contributed by atoms with Gasteiger partial charge in [-0.25, -0.2) is 0 Å². The van der Waals surface area contributed by atoms with E-state index in [1.165, 1.54) is 38.2 Å². The van der Waals surface area contributed by atoms with Crippen molar-refractivity contribution in [3.63, 3.8) is 0 Å². The van der Waals surface area contributed by atoms with E-state index in [9.17, 15) is 0 Å². The van der Waals surface area contributed by atoms with Crippen LogP contribution in [0.3, 0.4) is 0 Å². The normalized spacial score (nSPS) is 11.5. The lowest BCUT2D eigenvalue weighted by Crippen LogP contribution is -2.10. The molecule has 0 saturated heterocycles. The maximum absolute atomic E-state index is 6.20. The van der Waals surface area contributed by atoms with Crippen LogP contribution in [0.5, 0.6) is 0 Å². The third-order valence-corrected chi connectivity index (χ3v) is 9.03. The topological polar surface area (TPSA) is 16.4 Å². The summed E-state index contributed by atoms with van der Waals surface area (Å²) >= 11 is 0. The summed E-state index contributed by atoms with van der Waals surface area (Å²) in [5.41, 5.74) is 9.88. The summed E-state index contributed by atoms with van der Waals surface area (Å²) in [4.78, 5) is 2.38. The Morgan fingerprint density at radius 1 is 0.370 bits per heavy atom. The van der Waals surface area contributed by atoms with Crippen molar-refractivity contribution in [1.29, 1.82) is 0 Å². The number of hydrogen-bond donors (Lipinski definition) is 0. The number of anilines is 3. The second-order valence-corrected chi connectivity index (χ2v) is 11.8. The maximum atomic E-state index is 6.20. The third kappa shape index (κ3) is 4.43. The van der Waals surface area contributed by atoms with Gasteiger partial charge >= 0.3 is 0 Å². The number of furan rings is 1. The highest BCUT2D eigenvalue weighted by atomic mass is 16.3. The third-order valence-electron chi connectivity index (χ3n) is 9.03. The molecule has 0 atom stereocenters. The van der Waals surface area contributed by atoms with Crippen molar-refractivity contribution in [2.24, 2.45) is 0 Å². The van der Waals surface area contributed by atoms with Crippen molar-refractivity contribution < 1.29 is 4.42 Å². The molecule has 0 fully saturated rings. The first kappa shape index (κ1) is 26.3. The fraction of sp³-hybridized carbons (Fsp3) is 0. The zero-order valence-electron chi connectivity index (χ0n) is 25.1. The summed E-state index contributed by atoms with van der Waals surface area (Å²) in [5, 5.41) is 7.21. The van der Waals surface area contributed by atoms with Gasteiger partial charge in [-0.15, -0.1) is 0 Å². The van der Waals surface area contributed by atoms with Crippen molar-refractivity contribution in [3.05, 3.63) is 176 Å². The van der Waals surface area contributed by atoms with Gasteiger partial charge in [0.25, 0.3) is 0 Å². The summed E-state index contributed by atoms with van der Waals surface area (Å²) in [7, 11) is 0. The maximum Gasteiger partial charge on any atom is 0.136 e. The van der Waals surface area contributed by atoms with Crippen molar-refractivity contribution in [2.45, 2.75) is 0 Å². The van der Waals surface area contributed by atoms with E-state index in [2.05, 4.69) is 169 Å². The van der Waals surface area contributed by atoms with Gasteiger partial charge in [0, 0.05) is 27.5 Å². The largest absolute Gasteiger partial charge is 0.456 e. The molecule has 0 spiro atoms. The van der Waals surface area contributed by atoms with Crippen LogP contribution in [0.2, 0.25) is 0 Å². The molecule has 2 nitrogen and oxygen atoms in total. The predicted molar refractivity (Wildman–Crippen MR) is 194 cm³/mol. The lowest BCUT2D eigenvalue weighted by Gasteiger charge is -2.27. The minimum atomic E-state index is 0.908. The standard InChI is InChI=1S/C44H29NO/c1-2-12-33-28-35(23-22-30(33)10-1)34-14-7-15-37(29-34)45(41-19-8-13-31-11-3-4-16-38(31)41)36-26-24-32(25-27-36)39-18-9-21-43-44(39)40-17-5-6-20-42(40)46-43/h1-29H. The van der Waals surface area contributed by atoms with E-state index >= 15 is 0 Å². The van der Waals surface area contributed by atoms with Crippen LogP contribution < -0.4 is 4.90 Å². The van der Waals surface area contributed by atoms with Crippen LogP contribution in [0.4, 0.5) is 17.1 Å². The monoisotopic (exact) mass is 587 g/mol. The van der Waals surface area contributed by atoms with Crippen LogP contribution in [0.15, 0.2) is 180 Å². The molecule has 0 unspecified atom stereocenters. The van der Waals surface area contributed by atoms with Gasteiger partial charge in [-0.3, -0.25) is 0 Å². The fourth-order valence-corrected chi connectivity index (χ4v) is 6.83. The molecule has 46 heavy (non-hydrogen) atoms. The smallest absolute Gasteiger partial charge is 0.136 e. The highest BCUT2D eigenvalue weighted by Crippen LogP contribution is 2.42.